The minimum Gasteiger partial charge on any atom is -0.326 e. The van der Waals surface area contributed by atoms with Crippen LogP contribution < -0.4 is 10.9 Å². The number of hydrogen-bond donors (Lipinski definition) is 2. The summed E-state index contributed by atoms with van der Waals surface area (Å²) in [6.45, 7) is 1.79. The van der Waals surface area contributed by atoms with Crippen molar-refractivity contribution in [3.8, 4) is 11.4 Å². The highest BCUT2D eigenvalue weighted by atomic mass is 16.1. The molecule has 0 aliphatic heterocycles. The summed E-state index contributed by atoms with van der Waals surface area (Å²) in [6, 6.07) is 8.91. The molecular formula is C20H23N3O2. The van der Waals surface area contributed by atoms with E-state index < -0.39 is 0 Å². The monoisotopic (exact) mass is 337 g/mol. The molecular weight excluding hydrogens is 314 g/mol. The quantitative estimate of drug-likeness (QED) is 0.896. The van der Waals surface area contributed by atoms with E-state index in [0.29, 0.717) is 23.9 Å². The molecule has 130 valence electrons. The van der Waals surface area contributed by atoms with Crippen LogP contribution in [0.4, 0.5) is 5.69 Å². The summed E-state index contributed by atoms with van der Waals surface area (Å²) >= 11 is 0. The van der Waals surface area contributed by atoms with Crippen LogP contribution >= 0.6 is 0 Å². The topological polar surface area (TPSA) is 74.8 Å². The molecule has 2 aromatic rings. The highest BCUT2D eigenvalue weighted by Crippen LogP contribution is 2.49. The number of nitrogens with one attached hydrogen (secondary N) is 2. The molecule has 0 spiro atoms. The van der Waals surface area contributed by atoms with Gasteiger partial charge in [0.1, 0.15) is 5.82 Å². The number of anilines is 1. The van der Waals surface area contributed by atoms with E-state index in [1.165, 1.54) is 31.7 Å². The van der Waals surface area contributed by atoms with E-state index in [4.69, 9.17) is 0 Å². The molecule has 1 aromatic heterocycles. The average Bonchev–Trinajstić information content (AvgIpc) is 3.17. The van der Waals surface area contributed by atoms with E-state index in [9.17, 15) is 9.59 Å². The lowest BCUT2D eigenvalue weighted by Gasteiger charge is -2.20. The Bertz CT molecular complexity index is 841. The number of rotatable bonds is 4. The van der Waals surface area contributed by atoms with E-state index in [-0.39, 0.29) is 11.5 Å². The first kappa shape index (κ1) is 16.1. The van der Waals surface area contributed by atoms with Crippen LogP contribution in [0, 0.1) is 24.7 Å². The summed E-state index contributed by atoms with van der Waals surface area (Å²) in [6.07, 6.45) is 5.85. The molecule has 0 saturated heterocycles. The van der Waals surface area contributed by atoms with Crippen LogP contribution in [0.2, 0.25) is 0 Å². The number of fused-ring (bicyclic) bond motifs is 2. The van der Waals surface area contributed by atoms with Crippen molar-refractivity contribution in [1.29, 1.82) is 0 Å². The largest absolute Gasteiger partial charge is 0.326 e. The maximum atomic E-state index is 12.3. The maximum absolute atomic E-state index is 12.3. The summed E-state index contributed by atoms with van der Waals surface area (Å²) in [4.78, 5) is 31.0. The molecule has 1 aromatic carbocycles. The van der Waals surface area contributed by atoms with E-state index in [1.54, 1.807) is 6.92 Å². The van der Waals surface area contributed by atoms with Gasteiger partial charge in [0.2, 0.25) is 5.91 Å². The van der Waals surface area contributed by atoms with Gasteiger partial charge >= 0.3 is 0 Å². The summed E-state index contributed by atoms with van der Waals surface area (Å²) in [5, 5.41) is 3.00. The molecule has 2 aliphatic rings. The Balaban J connectivity index is 1.40. The molecule has 2 saturated carbocycles. The summed E-state index contributed by atoms with van der Waals surface area (Å²) in [5.74, 6) is 2.85. The SMILES string of the molecule is Cc1cc(=O)[nH]c(-c2ccc(NC(=O)C[C@@H]3C[C@H]4CC[C@H]3C4)cc2)n1. The van der Waals surface area contributed by atoms with Gasteiger partial charge in [-0.25, -0.2) is 4.98 Å². The highest BCUT2D eigenvalue weighted by Gasteiger charge is 2.40. The summed E-state index contributed by atoms with van der Waals surface area (Å²) in [5.41, 5.74) is 2.13. The minimum absolute atomic E-state index is 0.104. The predicted molar refractivity (Wildman–Crippen MR) is 97.2 cm³/mol. The van der Waals surface area contributed by atoms with Crippen LogP contribution in [0.5, 0.6) is 0 Å². The van der Waals surface area contributed by atoms with Gasteiger partial charge in [-0.3, -0.25) is 9.59 Å². The number of carbonyl (C=O) groups excluding carboxylic acids is 1. The number of aromatic amines is 1. The minimum atomic E-state index is -0.161. The normalized spacial score (nSPS) is 24.4. The number of aromatic nitrogens is 2. The van der Waals surface area contributed by atoms with Gasteiger partial charge in [0.15, 0.2) is 0 Å². The van der Waals surface area contributed by atoms with E-state index in [0.717, 1.165) is 23.1 Å². The van der Waals surface area contributed by atoms with Gasteiger partial charge in [-0.1, -0.05) is 6.42 Å². The number of benzene rings is 1. The number of nitrogens with zero attached hydrogens (tertiary/aromatic N) is 1. The lowest BCUT2D eigenvalue weighted by Crippen LogP contribution is -2.20. The van der Waals surface area contributed by atoms with Crippen molar-refractivity contribution < 1.29 is 4.79 Å². The number of hydrogen-bond acceptors (Lipinski definition) is 3. The number of carbonyl (C=O) groups is 1. The third-order valence-corrected chi connectivity index (χ3v) is 5.64. The Morgan fingerprint density at radius 3 is 2.68 bits per heavy atom. The molecule has 4 rings (SSSR count). The maximum Gasteiger partial charge on any atom is 0.251 e. The standard InChI is InChI=1S/C20H23N3O2/c1-12-8-18(24)23-20(21-12)14-4-6-17(7-5-14)22-19(25)11-16-10-13-2-3-15(16)9-13/h4-8,13,15-16H,2-3,9-11H2,1H3,(H,22,25)(H,21,23,24)/t13-,15-,16-/m0/s1. The Labute approximate surface area is 146 Å². The highest BCUT2D eigenvalue weighted by molar-refractivity contribution is 5.91. The molecule has 5 heteroatoms. The first-order valence-electron chi connectivity index (χ1n) is 9.05. The van der Waals surface area contributed by atoms with Gasteiger partial charge in [-0.15, -0.1) is 0 Å². The second kappa shape index (κ2) is 6.47. The van der Waals surface area contributed by atoms with E-state index in [1.807, 2.05) is 24.3 Å². The Morgan fingerprint density at radius 1 is 1.24 bits per heavy atom. The molecule has 2 fully saturated rings. The molecule has 25 heavy (non-hydrogen) atoms. The average molecular weight is 337 g/mol. The molecule has 1 heterocycles. The van der Waals surface area contributed by atoms with E-state index in [2.05, 4.69) is 15.3 Å². The second-order valence-electron chi connectivity index (χ2n) is 7.50. The van der Waals surface area contributed by atoms with Gasteiger partial charge in [-0.05, 0) is 68.2 Å². The Kier molecular flexibility index (Phi) is 4.15. The van der Waals surface area contributed by atoms with Gasteiger partial charge in [0.05, 0.1) is 0 Å². The smallest absolute Gasteiger partial charge is 0.251 e. The summed E-state index contributed by atoms with van der Waals surface area (Å²) in [7, 11) is 0. The third-order valence-electron chi connectivity index (χ3n) is 5.64. The number of amides is 1. The summed E-state index contributed by atoms with van der Waals surface area (Å²) < 4.78 is 0. The van der Waals surface area contributed by atoms with Crippen LogP contribution in [0.25, 0.3) is 11.4 Å². The van der Waals surface area contributed by atoms with Crippen LogP contribution in [-0.4, -0.2) is 15.9 Å². The van der Waals surface area contributed by atoms with Crippen molar-refractivity contribution in [3.05, 3.63) is 46.4 Å². The van der Waals surface area contributed by atoms with Crippen molar-refractivity contribution >= 4 is 11.6 Å². The van der Waals surface area contributed by atoms with Crippen molar-refractivity contribution in [1.82, 2.24) is 9.97 Å². The predicted octanol–water partition coefficient (Wildman–Crippen LogP) is 3.51. The lowest BCUT2D eigenvalue weighted by molar-refractivity contribution is -0.117. The van der Waals surface area contributed by atoms with Crippen molar-refractivity contribution in [2.75, 3.05) is 5.32 Å². The molecule has 0 unspecified atom stereocenters. The first-order valence-corrected chi connectivity index (χ1v) is 9.05. The zero-order valence-corrected chi connectivity index (χ0v) is 14.4. The van der Waals surface area contributed by atoms with Crippen molar-refractivity contribution in [2.24, 2.45) is 17.8 Å². The number of H-pyrrole nitrogens is 1. The van der Waals surface area contributed by atoms with Crippen molar-refractivity contribution in [2.45, 2.75) is 39.0 Å². The molecule has 2 N–H and O–H groups in total. The van der Waals surface area contributed by atoms with Gasteiger partial charge < -0.3 is 10.3 Å². The molecule has 3 atom stereocenters. The molecule has 2 aliphatic carbocycles. The Morgan fingerprint density at radius 2 is 2.04 bits per heavy atom. The van der Waals surface area contributed by atoms with Crippen LogP contribution in [0.1, 0.15) is 37.8 Å². The van der Waals surface area contributed by atoms with Gasteiger partial charge in [0.25, 0.3) is 5.56 Å². The fourth-order valence-corrected chi connectivity index (χ4v) is 4.50. The van der Waals surface area contributed by atoms with Crippen LogP contribution in [-0.2, 0) is 4.79 Å². The lowest BCUT2D eigenvalue weighted by atomic mass is 9.86. The molecule has 0 radical (unpaired) electrons. The van der Waals surface area contributed by atoms with Gasteiger partial charge in [0, 0.05) is 29.4 Å². The zero-order chi connectivity index (χ0) is 17.4. The first-order chi connectivity index (χ1) is 12.1. The number of aryl methyl sites for hydroxylation is 1. The fraction of sp³-hybridized carbons (Fsp3) is 0.450. The third kappa shape index (κ3) is 3.50. The Hall–Kier alpha value is -2.43. The van der Waals surface area contributed by atoms with Crippen LogP contribution in [0.15, 0.2) is 35.1 Å². The van der Waals surface area contributed by atoms with E-state index >= 15 is 0 Å². The van der Waals surface area contributed by atoms with Crippen molar-refractivity contribution in [3.63, 3.8) is 0 Å². The molecule has 1 amide bonds. The van der Waals surface area contributed by atoms with Crippen LogP contribution in [0.3, 0.4) is 0 Å². The van der Waals surface area contributed by atoms with Gasteiger partial charge in [-0.2, -0.15) is 0 Å². The zero-order valence-electron chi connectivity index (χ0n) is 14.4. The molecule has 2 bridgehead atoms. The second-order valence-corrected chi connectivity index (χ2v) is 7.50. The molecule has 5 nitrogen and oxygen atoms in total. The fourth-order valence-electron chi connectivity index (χ4n) is 4.50.